The van der Waals surface area contributed by atoms with Gasteiger partial charge in [0.2, 0.25) is 5.95 Å². The Morgan fingerprint density at radius 2 is 1.84 bits per heavy atom. The molecule has 0 atom stereocenters. The van der Waals surface area contributed by atoms with Crippen LogP contribution in [0.4, 0.5) is 16.2 Å². The first-order valence-corrected chi connectivity index (χ1v) is 8.46. The van der Waals surface area contributed by atoms with Crippen molar-refractivity contribution < 1.29 is 9.18 Å². The summed E-state index contributed by atoms with van der Waals surface area (Å²) in [5, 5.41) is 3.14. The van der Waals surface area contributed by atoms with E-state index in [4.69, 9.17) is 0 Å². The zero-order valence-corrected chi connectivity index (χ0v) is 14.5. The number of anilines is 2. The maximum absolute atomic E-state index is 13.0. The van der Waals surface area contributed by atoms with Crippen LogP contribution >= 0.6 is 0 Å². The lowest BCUT2D eigenvalue weighted by Gasteiger charge is -2.35. The second kappa shape index (κ2) is 7.46. The Morgan fingerprint density at radius 1 is 1.16 bits per heavy atom. The van der Waals surface area contributed by atoms with Crippen molar-refractivity contribution in [1.29, 1.82) is 0 Å². The van der Waals surface area contributed by atoms with E-state index in [1.54, 1.807) is 4.90 Å². The highest BCUT2D eigenvalue weighted by atomic mass is 19.1. The third-order valence-corrected chi connectivity index (χ3v) is 4.16. The molecule has 1 amide bonds. The minimum atomic E-state index is -0.336. The number of carbonyl (C=O) groups excluding carboxylic acids is 1. The number of piperazine rings is 1. The number of benzene rings is 1. The average molecular weight is 343 g/mol. The van der Waals surface area contributed by atoms with Gasteiger partial charge in [0.15, 0.2) is 0 Å². The van der Waals surface area contributed by atoms with Gasteiger partial charge in [-0.2, -0.15) is 4.98 Å². The monoisotopic (exact) mass is 343 g/mol. The van der Waals surface area contributed by atoms with Crippen molar-refractivity contribution >= 4 is 17.7 Å². The van der Waals surface area contributed by atoms with E-state index in [0.29, 0.717) is 37.7 Å². The van der Waals surface area contributed by atoms with Crippen LogP contribution in [-0.4, -0.2) is 53.5 Å². The molecular formula is C18H22FN5O. The molecule has 0 saturated carbocycles. The highest BCUT2D eigenvalue weighted by Gasteiger charge is 2.23. The maximum atomic E-state index is 13.0. The fourth-order valence-electron chi connectivity index (χ4n) is 2.86. The van der Waals surface area contributed by atoms with Gasteiger partial charge < -0.3 is 15.1 Å². The summed E-state index contributed by atoms with van der Waals surface area (Å²) in [6.45, 7) is 7.34. The van der Waals surface area contributed by atoms with Gasteiger partial charge in [-0.1, -0.05) is 0 Å². The van der Waals surface area contributed by atoms with Gasteiger partial charge in [-0.15, -0.1) is 0 Å². The lowest BCUT2D eigenvalue weighted by Crippen LogP contribution is -2.49. The molecule has 0 spiro atoms. The Bertz CT molecular complexity index is 742. The molecule has 0 unspecified atom stereocenters. The predicted octanol–water partition coefficient (Wildman–Crippen LogP) is 2.32. The van der Waals surface area contributed by atoms with Gasteiger partial charge in [0.1, 0.15) is 11.6 Å². The minimum Gasteiger partial charge on any atom is -0.354 e. The average Bonchev–Trinajstić information content (AvgIpc) is 2.62. The number of nitrogens with one attached hydrogen (secondary N) is 1. The fraction of sp³-hybridized carbons (Fsp3) is 0.389. The van der Waals surface area contributed by atoms with Crippen LogP contribution in [0.5, 0.6) is 0 Å². The first-order valence-electron chi connectivity index (χ1n) is 8.46. The SMILES string of the molecule is CCNc1nc(C)cc(N2CCN(C(=O)c3ccc(F)cc3)CC2)n1. The number of aryl methyl sites for hydroxylation is 1. The second-order valence-electron chi connectivity index (χ2n) is 6.01. The van der Waals surface area contributed by atoms with Crippen LogP contribution in [0, 0.1) is 12.7 Å². The molecular weight excluding hydrogens is 321 g/mol. The molecule has 6 nitrogen and oxygen atoms in total. The second-order valence-corrected chi connectivity index (χ2v) is 6.01. The molecule has 0 bridgehead atoms. The van der Waals surface area contributed by atoms with Gasteiger partial charge in [0, 0.05) is 50.0 Å². The van der Waals surface area contributed by atoms with E-state index in [2.05, 4.69) is 20.2 Å². The van der Waals surface area contributed by atoms with Crippen molar-refractivity contribution in [3.63, 3.8) is 0 Å². The van der Waals surface area contributed by atoms with E-state index in [9.17, 15) is 9.18 Å². The minimum absolute atomic E-state index is 0.0631. The molecule has 1 N–H and O–H groups in total. The largest absolute Gasteiger partial charge is 0.354 e. The smallest absolute Gasteiger partial charge is 0.253 e. The van der Waals surface area contributed by atoms with Crippen molar-refractivity contribution in [2.24, 2.45) is 0 Å². The Hall–Kier alpha value is -2.70. The molecule has 0 aliphatic carbocycles. The van der Waals surface area contributed by atoms with Crippen LogP contribution in [-0.2, 0) is 0 Å². The summed E-state index contributed by atoms with van der Waals surface area (Å²) in [7, 11) is 0. The van der Waals surface area contributed by atoms with Crippen molar-refractivity contribution in [2.45, 2.75) is 13.8 Å². The lowest BCUT2D eigenvalue weighted by molar-refractivity contribution is 0.0746. The van der Waals surface area contributed by atoms with Crippen LogP contribution in [0.3, 0.4) is 0 Å². The summed E-state index contributed by atoms with van der Waals surface area (Å²) in [6.07, 6.45) is 0. The van der Waals surface area contributed by atoms with Crippen molar-refractivity contribution in [1.82, 2.24) is 14.9 Å². The van der Waals surface area contributed by atoms with Gasteiger partial charge in [-0.05, 0) is 38.1 Å². The highest BCUT2D eigenvalue weighted by Crippen LogP contribution is 2.18. The fourth-order valence-corrected chi connectivity index (χ4v) is 2.86. The van der Waals surface area contributed by atoms with E-state index in [1.807, 2.05) is 19.9 Å². The highest BCUT2D eigenvalue weighted by molar-refractivity contribution is 5.94. The summed E-state index contributed by atoms with van der Waals surface area (Å²) in [5.74, 6) is 1.10. The standard InChI is InChI=1S/C18H22FN5O/c1-3-20-18-21-13(2)12-16(22-18)23-8-10-24(11-9-23)17(25)14-4-6-15(19)7-5-14/h4-7,12H,3,8-11H2,1-2H3,(H,20,21,22). The third-order valence-electron chi connectivity index (χ3n) is 4.16. The molecule has 1 aromatic carbocycles. The Kier molecular flexibility index (Phi) is 5.11. The van der Waals surface area contributed by atoms with Crippen LogP contribution in [0.1, 0.15) is 23.0 Å². The van der Waals surface area contributed by atoms with Gasteiger partial charge in [0.05, 0.1) is 0 Å². The number of rotatable bonds is 4. The molecule has 1 saturated heterocycles. The number of nitrogens with zero attached hydrogens (tertiary/aromatic N) is 4. The van der Waals surface area contributed by atoms with Gasteiger partial charge in [-0.25, -0.2) is 9.37 Å². The topological polar surface area (TPSA) is 61.4 Å². The first-order chi connectivity index (χ1) is 12.1. The number of halogens is 1. The number of aromatic nitrogens is 2. The van der Waals surface area contributed by atoms with Crippen LogP contribution in [0.25, 0.3) is 0 Å². The summed E-state index contributed by atoms with van der Waals surface area (Å²) in [5.41, 5.74) is 1.42. The summed E-state index contributed by atoms with van der Waals surface area (Å²) >= 11 is 0. The van der Waals surface area contributed by atoms with Crippen LogP contribution < -0.4 is 10.2 Å². The normalized spacial score (nSPS) is 14.5. The number of hydrogen-bond acceptors (Lipinski definition) is 5. The lowest BCUT2D eigenvalue weighted by atomic mass is 10.2. The molecule has 2 aromatic rings. The molecule has 0 radical (unpaired) electrons. The summed E-state index contributed by atoms with van der Waals surface area (Å²) < 4.78 is 13.0. The molecule has 25 heavy (non-hydrogen) atoms. The van der Waals surface area contributed by atoms with E-state index in [-0.39, 0.29) is 11.7 Å². The third kappa shape index (κ3) is 4.04. The van der Waals surface area contributed by atoms with E-state index in [1.165, 1.54) is 24.3 Å². The van der Waals surface area contributed by atoms with Gasteiger partial charge in [-0.3, -0.25) is 4.79 Å². The van der Waals surface area contributed by atoms with E-state index in [0.717, 1.165) is 18.1 Å². The Labute approximate surface area is 146 Å². The Morgan fingerprint density at radius 3 is 2.48 bits per heavy atom. The number of hydrogen-bond donors (Lipinski definition) is 1. The van der Waals surface area contributed by atoms with Crippen LogP contribution in [0.15, 0.2) is 30.3 Å². The molecule has 2 heterocycles. The molecule has 3 rings (SSSR count). The van der Waals surface area contributed by atoms with Crippen molar-refractivity contribution in [3.05, 3.63) is 47.4 Å². The maximum Gasteiger partial charge on any atom is 0.253 e. The van der Waals surface area contributed by atoms with E-state index < -0.39 is 0 Å². The molecule has 7 heteroatoms. The molecule has 132 valence electrons. The van der Waals surface area contributed by atoms with E-state index >= 15 is 0 Å². The zero-order valence-electron chi connectivity index (χ0n) is 14.5. The molecule has 1 aliphatic rings. The van der Waals surface area contributed by atoms with Crippen molar-refractivity contribution in [2.75, 3.05) is 42.9 Å². The molecule has 1 aliphatic heterocycles. The number of carbonyl (C=O) groups is 1. The van der Waals surface area contributed by atoms with Gasteiger partial charge >= 0.3 is 0 Å². The summed E-state index contributed by atoms with van der Waals surface area (Å²) in [6, 6.07) is 7.64. The first kappa shape index (κ1) is 17.1. The zero-order chi connectivity index (χ0) is 17.8. The molecule has 1 aromatic heterocycles. The predicted molar refractivity (Wildman–Crippen MR) is 95.4 cm³/mol. The van der Waals surface area contributed by atoms with Crippen LogP contribution in [0.2, 0.25) is 0 Å². The molecule has 1 fully saturated rings. The Balaban J connectivity index is 1.65. The quantitative estimate of drug-likeness (QED) is 0.923. The summed E-state index contributed by atoms with van der Waals surface area (Å²) in [4.78, 5) is 25.4. The van der Waals surface area contributed by atoms with Gasteiger partial charge in [0.25, 0.3) is 5.91 Å². The number of amides is 1. The van der Waals surface area contributed by atoms with Crippen molar-refractivity contribution in [3.8, 4) is 0 Å².